The van der Waals surface area contributed by atoms with Gasteiger partial charge in [0.25, 0.3) is 0 Å². The first-order valence-electron chi connectivity index (χ1n) is 6.40. The number of carbonyl (C=O) groups is 1. The van der Waals surface area contributed by atoms with Crippen LogP contribution in [0.25, 0.3) is 11.0 Å². The van der Waals surface area contributed by atoms with Gasteiger partial charge in [0.1, 0.15) is 5.75 Å². The van der Waals surface area contributed by atoms with Gasteiger partial charge in [0, 0.05) is 17.4 Å². The molecule has 0 aliphatic heterocycles. The smallest absolute Gasteiger partial charge is 0.323 e. The zero-order valence-electron chi connectivity index (χ0n) is 11.4. The normalized spacial score (nSPS) is 10.3. The van der Waals surface area contributed by atoms with Crippen LogP contribution in [0.5, 0.6) is 5.75 Å². The number of hydrogen-bond donors (Lipinski definition) is 3. The third kappa shape index (κ3) is 2.94. The Hall–Kier alpha value is -3.02. The Morgan fingerprint density at radius 3 is 2.76 bits per heavy atom. The van der Waals surface area contributed by atoms with Crippen LogP contribution in [0.3, 0.4) is 0 Å². The molecule has 1 heterocycles. The van der Waals surface area contributed by atoms with Crippen molar-refractivity contribution in [3.05, 3.63) is 48.8 Å². The van der Waals surface area contributed by atoms with Crippen molar-refractivity contribution in [3.8, 4) is 5.75 Å². The van der Waals surface area contributed by atoms with Crippen molar-refractivity contribution in [2.45, 2.75) is 0 Å². The summed E-state index contributed by atoms with van der Waals surface area (Å²) in [5.41, 5.74) is 3.07. The molecule has 2 amide bonds. The van der Waals surface area contributed by atoms with Gasteiger partial charge in [-0.25, -0.2) is 9.78 Å². The molecular formula is C15H14N4O2. The number of nitrogens with one attached hydrogen (secondary N) is 3. The number of aromatic nitrogens is 2. The van der Waals surface area contributed by atoms with Gasteiger partial charge < -0.3 is 20.4 Å². The maximum atomic E-state index is 12.0. The van der Waals surface area contributed by atoms with Gasteiger partial charge in [-0.1, -0.05) is 6.07 Å². The van der Waals surface area contributed by atoms with E-state index in [4.69, 9.17) is 4.74 Å². The van der Waals surface area contributed by atoms with E-state index in [0.29, 0.717) is 17.1 Å². The zero-order chi connectivity index (χ0) is 14.7. The Kier molecular flexibility index (Phi) is 3.42. The number of rotatable bonds is 3. The number of hydrogen-bond acceptors (Lipinski definition) is 3. The predicted molar refractivity (Wildman–Crippen MR) is 81.7 cm³/mol. The Bertz CT molecular complexity index is 782. The number of fused-ring (bicyclic) bond motifs is 1. The molecule has 3 N–H and O–H groups in total. The zero-order valence-corrected chi connectivity index (χ0v) is 11.4. The standard InChI is InChI=1S/C15H14N4O2/c1-21-12-4-2-3-10(7-12)18-15(20)19-11-5-6-13-14(8-11)17-9-16-13/h2-9H,1H3,(H,16,17)(H2,18,19,20). The molecule has 6 heteroatoms. The molecule has 2 aromatic carbocycles. The number of nitrogens with zero attached hydrogens (tertiary/aromatic N) is 1. The highest BCUT2D eigenvalue weighted by atomic mass is 16.5. The lowest BCUT2D eigenvalue weighted by molar-refractivity contribution is 0.262. The summed E-state index contributed by atoms with van der Waals surface area (Å²) in [5.74, 6) is 0.687. The number of anilines is 2. The van der Waals surface area contributed by atoms with E-state index in [9.17, 15) is 4.79 Å². The average molecular weight is 282 g/mol. The third-order valence-electron chi connectivity index (χ3n) is 3.01. The number of aromatic amines is 1. The molecule has 0 spiro atoms. The molecule has 0 bridgehead atoms. The first-order chi connectivity index (χ1) is 10.2. The first-order valence-corrected chi connectivity index (χ1v) is 6.40. The summed E-state index contributed by atoms with van der Waals surface area (Å²) in [5, 5.41) is 5.52. The molecule has 0 fully saturated rings. The van der Waals surface area contributed by atoms with Crippen LogP contribution in [0.2, 0.25) is 0 Å². The van der Waals surface area contributed by atoms with Gasteiger partial charge in [0.05, 0.1) is 24.5 Å². The summed E-state index contributed by atoms with van der Waals surface area (Å²) in [6.07, 6.45) is 1.62. The number of ether oxygens (including phenoxy) is 1. The molecule has 3 rings (SSSR count). The molecule has 0 aliphatic rings. The quantitative estimate of drug-likeness (QED) is 0.690. The van der Waals surface area contributed by atoms with Crippen molar-refractivity contribution in [2.24, 2.45) is 0 Å². The molecule has 0 aliphatic carbocycles. The molecule has 1 aromatic heterocycles. The molecule has 0 atom stereocenters. The molecule has 0 unspecified atom stereocenters. The molecule has 3 aromatic rings. The van der Waals surface area contributed by atoms with E-state index in [2.05, 4.69) is 20.6 Å². The highest BCUT2D eigenvalue weighted by molar-refractivity contribution is 6.00. The molecule has 6 nitrogen and oxygen atoms in total. The SMILES string of the molecule is COc1cccc(NC(=O)Nc2ccc3nc[nH]c3c2)c1. The van der Waals surface area contributed by atoms with Crippen molar-refractivity contribution < 1.29 is 9.53 Å². The fraction of sp³-hybridized carbons (Fsp3) is 0.0667. The summed E-state index contributed by atoms with van der Waals surface area (Å²) in [4.78, 5) is 19.1. The summed E-state index contributed by atoms with van der Waals surface area (Å²) in [7, 11) is 1.58. The molecule has 0 radical (unpaired) electrons. The number of benzene rings is 2. The van der Waals surface area contributed by atoms with Crippen LogP contribution in [-0.2, 0) is 0 Å². The van der Waals surface area contributed by atoms with Crippen LogP contribution < -0.4 is 15.4 Å². The van der Waals surface area contributed by atoms with E-state index < -0.39 is 0 Å². The number of imidazole rings is 1. The van der Waals surface area contributed by atoms with E-state index in [1.807, 2.05) is 24.3 Å². The summed E-state index contributed by atoms with van der Waals surface area (Å²) >= 11 is 0. The average Bonchev–Trinajstić information content (AvgIpc) is 2.95. The van der Waals surface area contributed by atoms with Crippen LogP contribution in [0, 0.1) is 0 Å². The number of H-pyrrole nitrogens is 1. The summed E-state index contributed by atoms with van der Waals surface area (Å²) < 4.78 is 5.11. The Balaban J connectivity index is 1.70. The van der Waals surface area contributed by atoms with E-state index in [0.717, 1.165) is 11.0 Å². The Morgan fingerprint density at radius 2 is 1.95 bits per heavy atom. The van der Waals surface area contributed by atoms with E-state index in [1.54, 1.807) is 31.6 Å². The maximum absolute atomic E-state index is 12.0. The van der Waals surface area contributed by atoms with Crippen LogP contribution in [-0.4, -0.2) is 23.1 Å². The van der Waals surface area contributed by atoms with Gasteiger partial charge in [-0.05, 0) is 30.3 Å². The topological polar surface area (TPSA) is 79.0 Å². The van der Waals surface area contributed by atoms with Gasteiger partial charge in [-0.3, -0.25) is 0 Å². The van der Waals surface area contributed by atoms with Crippen molar-refractivity contribution in [1.82, 2.24) is 9.97 Å². The fourth-order valence-electron chi connectivity index (χ4n) is 2.01. The second kappa shape index (κ2) is 5.54. The van der Waals surface area contributed by atoms with E-state index >= 15 is 0 Å². The van der Waals surface area contributed by atoms with Crippen LogP contribution in [0.1, 0.15) is 0 Å². The number of carbonyl (C=O) groups excluding carboxylic acids is 1. The van der Waals surface area contributed by atoms with E-state index in [1.165, 1.54) is 0 Å². The van der Waals surface area contributed by atoms with Crippen molar-refractivity contribution >= 4 is 28.4 Å². The third-order valence-corrected chi connectivity index (χ3v) is 3.01. The van der Waals surface area contributed by atoms with Gasteiger partial charge >= 0.3 is 6.03 Å². The number of urea groups is 1. The molecular weight excluding hydrogens is 268 g/mol. The predicted octanol–water partition coefficient (Wildman–Crippen LogP) is 3.22. The van der Waals surface area contributed by atoms with Crippen molar-refractivity contribution in [2.75, 3.05) is 17.7 Å². The molecule has 106 valence electrons. The lowest BCUT2D eigenvalue weighted by atomic mass is 10.3. The van der Waals surface area contributed by atoms with Gasteiger partial charge in [0.2, 0.25) is 0 Å². The highest BCUT2D eigenvalue weighted by Crippen LogP contribution is 2.18. The number of amides is 2. The largest absolute Gasteiger partial charge is 0.497 e. The lowest BCUT2D eigenvalue weighted by Gasteiger charge is -2.08. The van der Waals surface area contributed by atoms with Gasteiger partial charge in [0.15, 0.2) is 0 Å². The second-order valence-electron chi connectivity index (χ2n) is 4.45. The summed E-state index contributed by atoms with van der Waals surface area (Å²) in [6.45, 7) is 0. The Labute approximate surface area is 121 Å². The first kappa shape index (κ1) is 13.0. The summed E-state index contributed by atoms with van der Waals surface area (Å²) in [6, 6.07) is 12.3. The second-order valence-corrected chi connectivity index (χ2v) is 4.45. The highest BCUT2D eigenvalue weighted by Gasteiger charge is 2.05. The Morgan fingerprint density at radius 1 is 1.14 bits per heavy atom. The van der Waals surface area contributed by atoms with Crippen LogP contribution in [0.4, 0.5) is 16.2 Å². The number of methoxy groups -OCH3 is 1. The minimum atomic E-state index is -0.317. The minimum Gasteiger partial charge on any atom is -0.497 e. The van der Waals surface area contributed by atoms with Crippen LogP contribution in [0.15, 0.2) is 48.8 Å². The van der Waals surface area contributed by atoms with E-state index in [-0.39, 0.29) is 6.03 Å². The maximum Gasteiger partial charge on any atom is 0.323 e. The van der Waals surface area contributed by atoms with Crippen molar-refractivity contribution in [1.29, 1.82) is 0 Å². The molecule has 0 saturated carbocycles. The fourth-order valence-corrected chi connectivity index (χ4v) is 2.01. The molecule has 0 saturated heterocycles. The molecule has 21 heavy (non-hydrogen) atoms. The van der Waals surface area contributed by atoms with Gasteiger partial charge in [-0.15, -0.1) is 0 Å². The van der Waals surface area contributed by atoms with Crippen molar-refractivity contribution in [3.63, 3.8) is 0 Å². The van der Waals surface area contributed by atoms with Gasteiger partial charge in [-0.2, -0.15) is 0 Å². The van der Waals surface area contributed by atoms with Crippen LogP contribution >= 0.6 is 0 Å². The minimum absolute atomic E-state index is 0.317. The monoisotopic (exact) mass is 282 g/mol. The lowest BCUT2D eigenvalue weighted by Crippen LogP contribution is -2.19.